The van der Waals surface area contributed by atoms with Gasteiger partial charge in [0.25, 0.3) is 0 Å². The number of aromatic nitrogens is 1. The fourth-order valence-electron chi connectivity index (χ4n) is 4.39. The van der Waals surface area contributed by atoms with Crippen LogP contribution in [0.15, 0.2) is 72.8 Å². The number of hydrogen-bond donors (Lipinski definition) is 2. The Hall–Kier alpha value is -4.10. The minimum atomic E-state index is -1.06. The second-order valence-electron chi connectivity index (χ2n) is 8.54. The van der Waals surface area contributed by atoms with Crippen LogP contribution in [0.4, 0.5) is 0 Å². The topological polar surface area (TPSA) is 98.1 Å². The van der Waals surface area contributed by atoms with Gasteiger partial charge in [-0.05, 0) is 54.4 Å². The lowest BCUT2D eigenvalue weighted by molar-refractivity contribution is 0.0504. The second kappa shape index (κ2) is 9.64. The van der Waals surface area contributed by atoms with E-state index in [4.69, 9.17) is 14.2 Å². The number of carboxylic acids is 1. The zero-order valence-corrected chi connectivity index (χ0v) is 19.2. The molecule has 2 N–H and O–H groups in total. The highest BCUT2D eigenvalue weighted by atomic mass is 16.5. The average molecular weight is 472 g/mol. The van der Waals surface area contributed by atoms with E-state index in [0.717, 1.165) is 22.2 Å². The molecule has 3 aromatic carbocycles. The summed E-state index contributed by atoms with van der Waals surface area (Å²) in [5.74, 6) is 0.229. The summed E-state index contributed by atoms with van der Waals surface area (Å²) < 4.78 is 17.0. The maximum absolute atomic E-state index is 11.5. The largest absolute Gasteiger partial charge is 0.496 e. The van der Waals surface area contributed by atoms with Crippen molar-refractivity contribution in [1.82, 2.24) is 4.98 Å². The van der Waals surface area contributed by atoms with E-state index in [0.29, 0.717) is 42.4 Å². The number of aromatic carboxylic acids is 1. The molecule has 7 heteroatoms. The number of nitrogens with zero attached hydrogens (tertiary/aromatic N) is 1. The molecule has 4 aromatic rings. The molecule has 0 saturated heterocycles. The van der Waals surface area contributed by atoms with E-state index < -0.39 is 12.1 Å². The third-order valence-electron chi connectivity index (χ3n) is 6.23. The highest BCUT2D eigenvalue weighted by Gasteiger charge is 2.30. The standard InChI is InChI=1S/C28H25NO6/c1-33-25-10-6-17(13-23(25)28(31)32)12-19-15-35-26-11-9-21(14-22(26)27(19)30)34-16-20-8-7-18-4-2-3-5-24(18)29-20/h2-11,13-14,19,27,30H,12,15-16H2,1H3,(H,31,32)/t19-,27+/m1/s1. The minimum absolute atomic E-state index is 0.0922. The molecular formula is C28H25NO6. The molecule has 2 heterocycles. The molecule has 0 aliphatic carbocycles. The van der Waals surface area contributed by atoms with Crippen molar-refractivity contribution in [3.05, 3.63) is 95.2 Å². The number of para-hydroxylation sites is 1. The quantitative estimate of drug-likeness (QED) is 0.399. The Balaban J connectivity index is 1.30. The Bertz CT molecular complexity index is 1390. The van der Waals surface area contributed by atoms with Crippen LogP contribution in [0.1, 0.15) is 33.3 Å². The first kappa shape index (κ1) is 22.7. The van der Waals surface area contributed by atoms with Crippen molar-refractivity contribution in [2.45, 2.75) is 19.1 Å². The predicted octanol–water partition coefficient (Wildman–Crippen LogP) is 4.81. The second-order valence-corrected chi connectivity index (χ2v) is 8.54. The summed E-state index contributed by atoms with van der Waals surface area (Å²) in [4.78, 5) is 16.2. The van der Waals surface area contributed by atoms with E-state index in [1.54, 1.807) is 24.3 Å². The fourth-order valence-corrected chi connectivity index (χ4v) is 4.39. The summed E-state index contributed by atoms with van der Waals surface area (Å²) in [6, 6.07) is 22.3. The Morgan fingerprint density at radius 2 is 1.94 bits per heavy atom. The number of ether oxygens (including phenoxy) is 3. The van der Waals surface area contributed by atoms with Gasteiger partial charge in [0.2, 0.25) is 0 Å². The van der Waals surface area contributed by atoms with E-state index in [2.05, 4.69) is 4.98 Å². The van der Waals surface area contributed by atoms with Gasteiger partial charge in [-0.1, -0.05) is 30.3 Å². The van der Waals surface area contributed by atoms with Gasteiger partial charge in [-0.15, -0.1) is 0 Å². The molecule has 0 bridgehead atoms. The Labute approximate surface area is 202 Å². The van der Waals surface area contributed by atoms with E-state index in [1.807, 2.05) is 48.5 Å². The van der Waals surface area contributed by atoms with Gasteiger partial charge in [0, 0.05) is 16.9 Å². The monoisotopic (exact) mass is 471 g/mol. The average Bonchev–Trinajstić information content (AvgIpc) is 2.89. The number of methoxy groups -OCH3 is 1. The van der Waals surface area contributed by atoms with Gasteiger partial charge in [0.1, 0.15) is 29.4 Å². The molecule has 0 amide bonds. The molecule has 1 aliphatic rings. The number of carboxylic acid groups (broad SMARTS) is 1. The predicted molar refractivity (Wildman–Crippen MR) is 130 cm³/mol. The van der Waals surface area contributed by atoms with Gasteiger partial charge in [-0.2, -0.15) is 0 Å². The Morgan fingerprint density at radius 3 is 2.77 bits per heavy atom. The summed E-state index contributed by atoms with van der Waals surface area (Å²) in [6.45, 7) is 0.623. The number of hydrogen-bond acceptors (Lipinski definition) is 6. The molecule has 7 nitrogen and oxygen atoms in total. The lowest BCUT2D eigenvalue weighted by Gasteiger charge is -2.31. The summed E-state index contributed by atoms with van der Waals surface area (Å²) in [5, 5.41) is 21.6. The highest BCUT2D eigenvalue weighted by Crippen LogP contribution is 2.39. The molecule has 5 rings (SSSR count). The fraction of sp³-hybridized carbons (Fsp3) is 0.214. The zero-order valence-electron chi connectivity index (χ0n) is 19.2. The number of aliphatic hydroxyl groups excluding tert-OH is 1. The number of pyridine rings is 1. The van der Waals surface area contributed by atoms with E-state index in [-0.39, 0.29) is 11.5 Å². The van der Waals surface area contributed by atoms with E-state index in [9.17, 15) is 15.0 Å². The third-order valence-corrected chi connectivity index (χ3v) is 6.23. The van der Waals surface area contributed by atoms with Crippen LogP contribution in [0.2, 0.25) is 0 Å². The normalized spacial score (nSPS) is 16.9. The SMILES string of the molecule is COc1ccc(C[C@@H]2COc3ccc(OCc4ccc5ccccc5n4)cc3[C@H]2O)cc1C(=O)O. The highest BCUT2D eigenvalue weighted by molar-refractivity contribution is 5.91. The van der Waals surface area contributed by atoms with Crippen molar-refractivity contribution in [2.24, 2.45) is 5.92 Å². The summed E-state index contributed by atoms with van der Waals surface area (Å²) in [7, 11) is 1.44. The summed E-state index contributed by atoms with van der Waals surface area (Å²) in [6.07, 6.45) is -0.326. The number of fused-ring (bicyclic) bond motifs is 2. The molecule has 178 valence electrons. The van der Waals surface area contributed by atoms with Crippen LogP contribution in [-0.4, -0.2) is 34.9 Å². The summed E-state index contributed by atoms with van der Waals surface area (Å²) in [5.41, 5.74) is 3.25. The van der Waals surface area contributed by atoms with Gasteiger partial charge >= 0.3 is 5.97 Å². The molecule has 1 aromatic heterocycles. The van der Waals surface area contributed by atoms with Crippen LogP contribution < -0.4 is 14.2 Å². The first-order valence-corrected chi connectivity index (χ1v) is 11.3. The Morgan fingerprint density at radius 1 is 1.09 bits per heavy atom. The van der Waals surface area contributed by atoms with Gasteiger partial charge in [-0.25, -0.2) is 9.78 Å². The number of aliphatic hydroxyl groups is 1. The van der Waals surface area contributed by atoms with Crippen molar-refractivity contribution in [3.63, 3.8) is 0 Å². The molecule has 0 saturated carbocycles. The summed E-state index contributed by atoms with van der Waals surface area (Å²) >= 11 is 0. The first-order valence-electron chi connectivity index (χ1n) is 11.3. The van der Waals surface area contributed by atoms with Gasteiger partial charge < -0.3 is 24.4 Å². The molecule has 2 atom stereocenters. The van der Waals surface area contributed by atoms with Crippen LogP contribution in [0.3, 0.4) is 0 Å². The molecule has 0 fully saturated rings. The van der Waals surface area contributed by atoms with Crippen LogP contribution in [0, 0.1) is 5.92 Å². The lowest BCUT2D eigenvalue weighted by Crippen LogP contribution is -2.27. The molecule has 1 aliphatic heterocycles. The number of carbonyl (C=O) groups is 1. The van der Waals surface area contributed by atoms with Gasteiger partial charge in [0.15, 0.2) is 0 Å². The van der Waals surface area contributed by atoms with Gasteiger partial charge in [0.05, 0.1) is 31.0 Å². The molecule has 0 spiro atoms. The third kappa shape index (κ3) is 4.76. The van der Waals surface area contributed by atoms with Gasteiger partial charge in [-0.3, -0.25) is 0 Å². The molecule has 0 unspecified atom stereocenters. The molecular weight excluding hydrogens is 446 g/mol. The molecule has 35 heavy (non-hydrogen) atoms. The molecule has 0 radical (unpaired) electrons. The van der Waals surface area contributed by atoms with Crippen LogP contribution >= 0.6 is 0 Å². The minimum Gasteiger partial charge on any atom is -0.496 e. The zero-order chi connectivity index (χ0) is 24.4. The van der Waals surface area contributed by atoms with Crippen molar-refractivity contribution < 1.29 is 29.2 Å². The number of rotatable bonds is 7. The van der Waals surface area contributed by atoms with E-state index >= 15 is 0 Å². The van der Waals surface area contributed by atoms with Crippen molar-refractivity contribution in [2.75, 3.05) is 13.7 Å². The maximum atomic E-state index is 11.5. The number of benzene rings is 3. The van der Waals surface area contributed by atoms with Crippen LogP contribution in [0.25, 0.3) is 10.9 Å². The lowest BCUT2D eigenvalue weighted by atomic mass is 9.87. The van der Waals surface area contributed by atoms with Crippen molar-refractivity contribution in [1.29, 1.82) is 0 Å². The van der Waals surface area contributed by atoms with Crippen molar-refractivity contribution >= 4 is 16.9 Å². The Kier molecular flexibility index (Phi) is 6.25. The smallest absolute Gasteiger partial charge is 0.339 e. The first-order chi connectivity index (χ1) is 17.0. The van der Waals surface area contributed by atoms with Crippen molar-refractivity contribution in [3.8, 4) is 17.2 Å². The van der Waals surface area contributed by atoms with E-state index in [1.165, 1.54) is 7.11 Å². The van der Waals surface area contributed by atoms with Crippen LogP contribution in [-0.2, 0) is 13.0 Å². The maximum Gasteiger partial charge on any atom is 0.339 e. The van der Waals surface area contributed by atoms with Crippen LogP contribution in [0.5, 0.6) is 17.2 Å².